The van der Waals surface area contributed by atoms with Gasteiger partial charge < -0.3 is 28.9 Å². The van der Waals surface area contributed by atoms with Crippen LogP contribution in [0.2, 0.25) is 0 Å². The molecular formula is C16H26NO7P. The molecule has 0 saturated heterocycles. The van der Waals surface area contributed by atoms with E-state index in [2.05, 4.69) is 5.32 Å². The number of nitrogens with one attached hydrogen (secondary N) is 1. The van der Waals surface area contributed by atoms with Crippen LogP contribution in [0.1, 0.15) is 32.4 Å². The van der Waals surface area contributed by atoms with Gasteiger partial charge in [0.1, 0.15) is 5.75 Å². The molecule has 0 bridgehead atoms. The zero-order chi connectivity index (χ0) is 18.9. The Labute approximate surface area is 148 Å². The maximum atomic E-state index is 12.9. The van der Waals surface area contributed by atoms with E-state index in [1.54, 1.807) is 45.0 Å². The SMILES string of the molecule is CCOC(=O)N[C@H](c1ccc(OC)cc1)[C@H](O)P(=O)(OCC)OCC. The first kappa shape index (κ1) is 21.4. The third kappa shape index (κ3) is 6.01. The minimum Gasteiger partial charge on any atom is -0.497 e. The van der Waals surface area contributed by atoms with Crippen molar-refractivity contribution < 1.29 is 33.0 Å². The van der Waals surface area contributed by atoms with Gasteiger partial charge in [-0.05, 0) is 38.5 Å². The van der Waals surface area contributed by atoms with Gasteiger partial charge in [0.05, 0.1) is 33.0 Å². The number of carbonyl (C=O) groups excluding carboxylic acids is 1. The van der Waals surface area contributed by atoms with Crippen LogP contribution in [0.4, 0.5) is 4.79 Å². The zero-order valence-electron chi connectivity index (χ0n) is 14.9. The van der Waals surface area contributed by atoms with Crippen molar-refractivity contribution in [3.8, 4) is 5.75 Å². The van der Waals surface area contributed by atoms with E-state index in [9.17, 15) is 14.5 Å². The molecule has 0 unspecified atom stereocenters. The summed E-state index contributed by atoms with van der Waals surface area (Å²) in [5.74, 6) is -1.00. The molecule has 142 valence electrons. The van der Waals surface area contributed by atoms with Gasteiger partial charge in [-0.15, -0.1) is 0 Å². The molecule has 0 radical (unpaired) electrons. The lowest BCUT2D eigenvalue weighted by atomic mass is 10.1. The van der Waals surface area contributed by atoms with Crippen molar-refractivity contribution >= 4 is 13.7 Å². The second-order valence-electron chi connectivity index (χ2n) is 4.90. The number of aliphatic hydroxyl groups is 1. The van der Waals surface area contributed by atoms with Crippen LogP contribution in [0.15, 0.2) is 24.3 Å². The number of hydrogen-bond donors (Lipinski definition) is 2. The van der Waals surface area contributed by atoms with Gasteiger partial charge in [0.15, 0.2) is 5.85 Å². The number of methoxy groups -OCH3 is 1. The average Bonchev–Trinajstić information content (AvgIpc) is 2.60. The van der Waals surface area contributed by atoms with Crippen LogP contribution in [0, 0.1) is 0 Å². The van der Waals surface area contributed by atoms with E-state index in [4.69, 9.17) is 18.5 Å². The number of carbonyl (C=O) groups is 1. The van der Waals surface area contributed by atoms with Crippen molar-refractivity contribution in [3.05, 3.63) is 29.8 Å². The lowest BCUT2D eigenvalue weighted by molar-refractivity contribution is 0.111. The molecule has 1 rings (SSSR count). The Kier molecular flexibility index (Phi) is 8.92. The van der Waals surface area contributed by atoms with Crippen LogP contribution < -0.4 is 10.1 Å². The highest BCUT2D eigenvalue weighted by molar-refractivity contribution is 7.54. The predicted octanol–water partition coefficient (Wildman–Crippen LogP) is 3.07. The number of ether oxygens (including phenoxy) is 2. The van der Waals surface area contributed by atoms with Crippen LogP contribution in [0.25, 0.3) is 0 Å². The summed E-state index contributed by atoms with van der Waals surface area (Å²) in [6.07, 6.45) is -0.748. The summed E-state index contributed by atoms with van der Waals surface area (Å²) in [6, 6.07) is 5.55. The molecule has 0 aromatic heterocycles. The highest BCUT2D eigenvalue weighted by Gasteiger charge is 2.41. The summed E-state index contributed by atoms with van der Waals surface area (Å²) in [7, 11) is -2.35. The highest BCUT2D eigenvalue weighted by atomic mass is 31.2. The first-order valence-corrected chi connectivity index (χ1v) is 9.67. The highest BCUT2D eigenvalue weighted by Crippen LogP contribution is 2.55. The van der Waals surface area contributed by atoms with Gasteiger partial charge >= 0.3 is 13.7 Å². The van der Waals surface area contributed by atoms with Crippen LogP contribution in [0.5, 0.6) is 5.75 Å². The lowest BCUT2D eigenvalue weighted by Gasteiger charge is -2.29. The largest absolute Gasteiger partial charge is 0.497 e. The number of alkyl carbamates (subject to hydrolysis) is 1. The van der Waals surface area contributed by atoms with Gasteiger partial charge in [0.2, 0.25) is 0 Å². The molecule has 0 aliphatic rings. The zero-order valence-corrected chi connectivity index (χ0v) is 15.8. The Bertz CT molecular complexity index is 568. The van der Waals surface area contributed by atoms with E-state index >= 15 is 0 Å². The van der Waals surface area contributed by atoms with E-state index in [0.29, 0.717) is 11.3 Å². The number of aliphatic hydroxyl groups excluding tert-OH is 1. The first-order valence-electron chi connectivity index (χ1n) is 8.05. The molecule has 1 aromatic rings. The topological polar surface area (TPSA) is 103 Å². The fraction of sp³-hybridized carbons (Fsp3) is 0.562. The maximum Gasteiger partial charge on any atom is 0.407 e. The number of hydrogen-bond acceptors (Lipinski definition) is 7. The van der Waals surface area contributed by atoms with Crippen molar-refractivity contribution in [2.24, 2.45) is 0 Å². The quantitative estimate of drug-likeness (QED) is 0.606. The van der Waals surface area contributed by atoms with Crippen LogP contribution in [-0.2, 0) is 18.3 Å². The Balaban J connectivity index is 3.18. The van der Waals surface area contributed by atoms with E-state index in [-0.39, 0.29) is 19.8 Å². The van der Waals surface area contributed by atoms with Crippen molar-refractivity contribution in [2.45, 2.75) is 32.7 Å². The Hall–Kier alpha value is -1.60. The molecule has 0 saturated carbocycles. The monoisotopic (exact) mass is 375 g/mol. The molecule has 1 aromatic carbocycles. The van der Waals surface area contributed by atoms with Crippen LogP contribution in [-0.4, -0.2) is 44.0 Å². The molecule has 2 atom stereocenters. The van der Waals surface area contributed by atoms with Gasteiger partial charge in [0.25, 0.3) is 0 Å². The molecule has 1 amide bonds. The van der Waals surface area contributed by atoms with Crippen molar-refractivity contribution in [1.29, 1.82) is 0 Å². The van der Waals surface area contributed by atoms with Crippen LogP contribution in [0.3, 0.4) is 0 Å². The third-order valence-corrected chi connectivity index (χ3v) is 5.45. The van der Waals surface area contributed by atoms with E-state index in [0.717, 1.165) is 0 Å². The van der Waals surface area contributed by atoms with E-state index < -0.39 is 25.6 Å². The molecule has 25 heavy (non-hydrogen) atoms. The molecule has 2 N–H and O–H groups in total. The maximum absolute atomic E-state index is 12.9. The summed E-state index contributed by atoms with van der Waals surface area (Å²) in [4.78, 5) is 11.9. The summed E-state index contributed by atoms with van der Waals surface area (Å²) >= 11 is 0. The molecular weight excluding hydrogens is 349 g/mol. The normalized spacial score (nSPS) is 13.8. The Morgan fingerprint density at radius 2 is 1.68 bits per heavy atom. The summed E-state index contributed by atoms with van der Waals surface area (Å²) in [6.45, 7) is 5.26. The van der Waals surface area contributed by atoms with E-state index in [1.807, 2.05) is 0 Å². The van der Waals surface area contributed by atoms with Gasteiger partial charge in [-0.2, -0.15) is 0 Å². The fourth-order valence-corrected chi connectivity index (χ4v) is 3.89. The van der Waals surface area contributed by atoms with Gasteiger partial charge in [-0.25, -0.2) is 4.79 Å². The molecule has 9 heteroatoms. The second kappa shape index (κ2) is 10.4. The van der Waals surface area contributed by atoms with Crippen molar-refractivity contribution in [1.82, 2.24) is 5.32 Å². The van der Waals surface area contributed by atoms with Gasteiger partial charge in [-0.1, -0.05) is 12.1 Å². The first-order chi connectivity index (χ1) is 11.9. The van der Waals surface area contributed by atoms with Gasteiger partial charge in [0, 0.05) is 0 Å². The van der Waals surface area contributed by atoms with Crippen molar-refractivity contribution in [2.75, 3.05) is 26.9 Å². The van der Waals surface area contributed by atoms with E-state index in [1.165, 1.54) is 7.11 Å². The van der Waals surface area contributed by atoms with Crippen LogP contribution >= 0.6 is 7.60 Å². The Morgan fingerprint density at radius 3 is 2.12 bits per heavy atom. The molecule has 8 nitrogen and oxygen atoms in total. The summed E-state index contributed by atoms with van der Waals surface area (Å²) in [5.41, 5.74) is 0.501. The predicted molar refractivity (Wildman–Crippen MR) is 92.8 cm³/mol. The number of rotatable bonds is 10. The fourth-order valence-electron chi connectivity index (χ4n) is 2.17. The Morgan fingerprint density at radius 1 is 1.12 bits per heavy atom. The smallest absolute Gasteiger partial charge is 0.407 e. The second-order valence-corrected chi connectivity index (χ2v) is 7.03. The third-order valence-electron chi connectivity index (χ3n) is 3.26. The van der Waals surface area contributed by atoms with Crippen molar-refractivity contribution in [3.63, 3.8) is 0 Å². The number of amides is 1. The molecule has 0 fully saturated rings. The molecule has 0 aliphatic heterocycles. The standard InChI is InChI=1S/C16H26NO7P/c1-5-22-16(19)17-14(12-8-10-13(21-4)11-9-12)15(18)25(20,23-6-2)24-7-3/h8-11,14-15,18H,5-7H2,1-4H3,(H,17,19)/t14-,15-/m1/s1. The summed E-state index contributed by atoms with van der Waals surface area (Å²) in [5, 5.41) is 13.2. The lowest BCUT2D eigenvalue weighted by Crippen LogP contribution is -2.37. The minimum absolute atomic E-state index is 0.0864. The minimum atomic E-state index is -3.87. The number of benzene rings is 1. The molecule has 0 spiro atoms. The average molecular weight is 375 g/mol. The molecule has 0 aliphatic carbocycles. The van der Waals surface area contributed by atoms with Gasteiger partial charge in [-0.3, -0.25) is 4.57 Å². The molecule has 0 heterocycles. The summed E-state index contributed by atoms with van der Waals surface area (Å²) < 4.78 is 33.2.